The Morgan fingerprint density at radius 2 is 1.97 bits per heavy atom. The number of anilines is 2. The Hall–Kier alpha value is -2.37. The van der Waals surface area contributed by atoms with Crippen molar-refractivity contribution in [3.8, 4) is 0 Å². The second kappa shape index (κ2) is 9.86. The first-order valence-corrected chi connectivity index (χ1v) is 11.8. The quantitative estimate of drug-likeness (QED) is 0.545. The van der Waals surface area contributed by atoms with Gasteiger partial charge in [0, 0.05) is 30.4 Å². The molecule has 1 fully saturated rings. The van der Waals surface area contributed by atoms with Gasteiger partial charge in [-0.15, -0.1) is 11.3 Å². The first-order chi connectivity index (χ1) is 15.7. The molecule has 1 aromatic heterocycles. The standard InChI is InChI=1S/C21H23ClF3N5O2S/c22-14-6-5-12(21(23,24)25)9-16(14)27-18(31)11-30-8-7-15-17(10-30)33-20(28-15)29-19(32)26-13-3-1-2-4-13/h5-6,9,13H,1-4,7-8,10-11H2,(H,27,31)(H2,26,28,29,32). The number of carbonyl (C=O) groups excluding carboxylic acids is 2. The lowest BCUT2D eigenvalue weighted by Crippen LogP contribution is -2.36. The molecule has 3 N–H and O–H groups in total. The molecule has 178 valence electrons. The molecule has 2 heterocycles. The lowest BCUT2D eigenvalue weighted by Gasteiger charge is -2.25. The zero-order valence-electron chi connectivity index (χ0n) is 17.6. The summed E-state index contributed by atoms with van der Waals surface area (Å²) in [7, 11) is 0. The summed E-state index contributed by atoms with van der Waals surface area (Å²) in [5.74, 6) is -0.460. The molecule has 1 aliphatic carbocycles. The van der Waals surface area contributed by atoms with Crippen molar-refractivity contribution in [2.24, 2.45) is 0 Å². The molecule has 3 amide bonds. The minimum Gasteiger partial charge on any atom is -0.335 e. The minimum atomic E-state index is -4.53. The molecule has 33 heavy (non-hydrogen) atoms. The minimum absolute atomic E-state index is 0.00512. The number of amides is 3. The normalized spacial score (nSPS) is 17.0. The van der Waals surface area contributed by atoms with E-state index in [1.807, 2.05) is 4.90 Å². The molecule has 0 spiro atoms. The molecule has 1 saturated carbocycles. The van der Waals surface area contributed by atoms with E-state index in [2.05, 4.69) is 20.9 Å². The van der Waals surface area contributed by atoms with Gasteiger partial charge in [0.1, 0.15) is 0 Å². The topological polar surface area (TPSA) is 86.4 Å². The van der Waals surface area contributed by atoms with Crippen molar-refractivity contribution in [2.45, 2.75) is 50.9 Å². The van der Waals surface area contributed by atoms with Crippen LogP contribution in [-0.4, -0.2) is 41.0 Å². The number of carbonyl (C=O) groups is 2. The average Bonchev–Trinajstić information content (AvgIpc) is 3.37. The molecular weight excluding hydrogens is 479 g/mol. The van der Waals surface area contributed by atoms with E-state index in [1.54, 1.807) is 0 Å². The van der Waals surface area contributed by atoms with Crippen molar-refractivity contribution < 1.29 is 22.8 Å². The van der Waals surface area contributed by atoms with Crippen LogP contribution in [0.1, 0.15) is 41.8 Å². The fraction of sp³-hybridized carbons (Fsp3) is 0.476. The summed E-state index contributed by atoms with van der Waals surface area (Å²) in [6.45, 7) is 1.02. The summed E-state index contributed by atoms with van der Waals surface area (Å²) in [5, 5.41) is 8.76. The predicted octanol–water partition coefficient (Wildman–Crippen LogP) is 4.88. The molecule has 2 aliphatic rings. The number of alkyl halides is 3. The molecule has 1 aromatic carbocycles. The number of hydrogen-bond donors (Lipinski definition) is 3. The molecule has 0 atom stereocenters. The molecule has 0 radical (unpaired) electrons. The number of nitrogens with one attached hydrogen (secondary N) is 3. The van der Waals surface area contributed by atoms with Gasteiger partial charge in [0.2, 0.25) is 5.91 Å². The fourth-order valence-corrected chi connectivity index (χ4v) is 5.23. The zero-order valence-corrected chi connectivity index (χ0v) is 19.2. The van der Waals surface area contributed by atoms with Gasteiger partial charge in [-0.25, -0.2) is 9.78 Å². The van der Waals surface area contributed by atoms with E-state index in [9.17, 15) is 22.8 Å². The van der Waals surface area contributed by atoms with Crippen LogP contribution in [0.2, 0.25) is 5.02 Å². The third kappa shape index (κ3) is 6.15. The molecule has 4 rings (SSSR count). The van der Waals surface area contributed by atoms with E-state index in [1.165, 1.54) is 11.3 Å². The van der Waals surface area contributed by atoms with Crippen LogP contribution in [-0.2, 0) is 23.9 Å². The molecule has 0 bridgehead atoms. The van der Waals surface area contributed by atoms with Gasteiger partial charge >= 0.3 is 12.2 Å². The number of rotatable bonds is 5. The van der Waals surface area contributed by atoms with Crippen LogP contribution in [0.5, 0.6) is 0 Å². The summed E-state index contributed by atoms with van der Waals surface area (Å²) < 4.78 is 38.8. The van der Waals surface area contributed by atoms with Gasteiger partial charge in [0.25, 0.3) is 0 Å². The van der Waals surface area contributed by atoms with Gasteiger partial charge < -0.3 is 10.6 Å². The SMILES string of the molecule is O=C(CN1CCc2nc(NC(=O)NC3CCCC3)sc2C1)Nc1cc(C(F)(F)F)ccc1Cl. The Balaban J connectivity index is 1.32. The lowest BCUT2D eigenvalue weighted by molar-refractivity contribution is -0.137. The maximum atomic E-state index is 12.9. The summed E-state index contributed by atoms with van der Waals surface area (Å²) in [5.41, 5.74) is -0.0769. The highest BCUT2D eigenvalue weighted by Crippen LogP contribution is 2.34. The van der Waals surface area contributed by atoms with Crippen LogP contribution >= 0.6 is 22.9 Å². The van der Waals surface area contributed by atoms with Crippen LogP contribution < -0.4 is 16.0 Å². The number of nitrogens with zero attached hydrogens (tertiary/aromatic N) is 2. The number of thiazole rings is 1. The Morgan fingerprint density at radius 1 is 1.21 bits per heavy atom. The molecule has 2 aromatic rings. The predicted molar refractivity (Wildman–Crippen MR) is 121 cm³/mol. The Labute approximate surface area is 197 Å². The highest BCUT2D eigenvalue weighted by atomic mass is 35.5. The molecular formula is C21H23ClF3N5O2S. The Kier molecular flexibility index (Phi) is 7.10. The Bertz CT molecular complexity index is 1040. The second-order valence-corrected chi connectivity index (χ2v) is 9.66. The summed E-state index contributed by atoms with van der Waals surface area (Å²) >= 11 is 7.32. The monoisotopic (exact) mass is 501 g/mol. The number of hydrogen-bond acceptors (Lipinski definition) is 5. The highest BCUT2D eigenvalue weighted by molar-refractivity contribution is 7.15. The van der Waals surface area contributed by atoms with E-state index in [0.29, 0.717) is 24.6 Å². The van der Waals surface area contributed by atoms with E-state index >= 15 is 0 Å². The van der Waals surface area contributed by atoms with Crippen molar-refractivity contribution in [2.75, 3.05) is 23.7 Å². The van der Waals surface area contributed by atoms with E-state index in [4.69, 9.17) is 11.6 Å². The van der Waals surface area contributed by atoms with Crippen LogP contribution in [0.25, 0.3) is 0 Å². The Morgan fingerprint density at radius 3 is 2.70 bits per heavy atom. The van der Waals surface area contributed by atoms with Crippen molar-refractivity contribution in [1.82, 2.24) is 15.2 Å². The van der Waals surface area contributed by atoms with Gasteiger partial charge in [0.05, 0.1) is 28.5 Å². The number of fused-ring (bicyclic) bond motifs is 1. The summed E-state index contributed by atoms with van der Waals surface area (Å²) in [6.07, 6.45) is 0.309. The summed E-state index contributed by atoms with van der Waals surface area (Å²) in [6, 6.07) is 2.75. The van der Waals surface area contributed by atoms with Crippen LogP contribution in [0.15, 0.2) is 18.2 Å². The number of urea groups is 1. The van der Waals surface area contributed by atoms with E-state index in [0.717, 1.165) is 54.5 Å². The first kappa shape index (κ1) is 23.8. The zero-order chi connectivity index (χ0) is 23.6. The van der Waals surface area contributed by atoms with Crippen LogP contribution in [0, 0.1) is 0 Å². The van der Waals surface area contributed by atoms with E-state index in [-0.39, 0.29) is 29.3 Å². The van der Waals surface area contributed by atoms with E-state index < -0.39 is 17.6 Å². The van der Waals surface area contributed by atoms with Crippen LogP contribution in [0.4, 0.5) is 28.8 Å². The van der Waals surface area contributed by atoms with Gasteiger partial charge in [0.15, 0.2) is 5.13 Å². The maximum absolute atomic E-state index is 12.9. The van der Waals surface area contributed by atoms with Gasteiger partial charge in [-0.2, -0.15) is 13.2 Å². The number of halogens is 4. The fourth-order valence-electron chi connectivity index (χ4n) is 4.02. The smallest absolute Gasteiger partial charge is 0.335 e. The summed E-state index contributed by atoms with van der Waals surface area (Å²) in [4.78, 5) is 31.9. The number of aromatic nitrogens is 1. The van der Waals surface area contributed by atoms with Gasteiger partial charge in [-0.1, -0.05) is 24.4 Å². The van der Waals surface area contributed by atoms with Crippen molar-refractivity contribution in [3.05, 3.63) is 39.4 Å². The second-order valence-electron chi connectivity index (χ2n) is 8.17. The molecule has 7 nitrogen and oxygen atoms in total. The molecule has 1 aliphatic heterocycles. The largest absolute Gasteiger partial charge is 0.416 e. The number of benzene rings is 1. The molecule has 0 saturated heterocycles. The third-order valence-electron chi connectivity index (χ3n) is 5.66. The third-order valence-corrected chi connectivity index (χ3v) is 6.98. The average molecular weight is 502 g/mol. The highest BCUT2D eigenvalue weighted by Gasteiger charge is 2.31. The van der Waals surface area contributed by atoms with Gasteiger partial charge in [-0.05, 0) is 31.0 Å². The van der Waals surface area contributed by atoms with Crippen molar-refractivity contribution in [1.29, 1.82) is 0 Å². The lowest BCUT2D eigenvalue weighted by atomic mass is 10.1. The first-order valence-electron chi connectivity index (χ1n) is 10.6. The molecule has 12 heteroatoms. The maximum Gasteiger partial charge on any atom is 0.416 e. The van der Waals surface area contributed by atoms with Gasteiger partial charge in [-0.3, -0.25) is 15.0 Å². The van der Waals surface area contributed by atoms with Crippen LogP contribution in [0.3, 0.4) is 0 Å². The van der Waals surface area contributed by atoms with Crippen molar-refractivity contribution >= 4 is 45.7 Å². The molecule has 0 unspecified atom stereocenters. The van der Waals surface area contributed by atoms with Crippen molar-refractivity contribution in [3.63, 3.8) is 0 Å².